The normalized spacial score (nSPS) is 22.6. The number of carbonyl (C=O) groups is 2. The minimum atomic E-state index is -1.00. The van der Waals surface area contributed by atoms with Crippen molar-refractivity contribution in [3.05, 3.63) is 53.6 Å². The van der Waals surface area contributed by atoms with Gasteiger partial charge in [0.05, 0.1) is 24.4 Å². The zero-order chi connectivity index (χ0) is 20.4. The van der Waals surface area contributed by atoms with Crippen LogP contribution in [0.1, 0.15) is 41.1 Å². The van der Waals surface area contributed by atoms with Gasteiger partial charge in [-0.3, -0.25) is 9.59 Å². The Labute approximate surface area is 170 Å². The molecule has 2 aromatic rings. The van der Waals surface area contributed by atoms with Gasteiger partial charge in [0.25, 0.3) is 11.8 Å². The number of para-hydroxylation sites is 1. The number of ether oxygens (including phenoxy) is 1. The van der Waals surface area contributed by atoms with Gasteiger partial charge >= 0.3 is 0 Å². The van der Waals surface area contributed by atoms with Crippen molar-refractivity contribution in [1.29, 1.82) is 0 Å². The SMILES string of the molecule is Cc1ncc(C(=O)N2CCOC3(CCCCN(c4ccccc4)C3=O)C2)c(C)n1. The molecule has 0 radical (unpaired) electrons. The van der Waals surface area contributed by atoms with E-state index >= 15 is 0 Å². The molecule has 1 aromatic carbocycles. The second-order valence-electron chi connectivity index (χ2n) is 7.74. The van der Waals surface area contributed by atoms with E-state index in [4.69, 9.17) is 4.74 Å². The first kappa shape index (κ1) is 19.5. The van der Waals surface area contributed by atoms with Crippen molar-refractivity contribution in [3.8, 4) is 0 Å². The summed E-state index contributed by atoms with van der Waals surface area (Å²) in [5.74, 6) is 0.430. The lowest BCUT2D eigenvalue weighted by Crippen LogP contribution is -2.61. The molecule has 1 unspecified atom stereocenters. The molecule has 2 aliphatic rings. The maximum atomic E-state index is 13.6. The second-order valence-corrected chi connectivity index (χ2v) is 7.74. The summed E-state index contributed by atoms with van der Waals surface area (Å²) in [5, 5.41) is 0. The lowest BCUT2D eigenvalue weighted by molar-refractivity contribution is -0.155. The van der Waals surface area contributed by atoms with E-state index in [9.17, 15) is 9.59 Å². The number of aromatic nitrogens is 2. The smallest absolute Gasteiger partial charge is 0.261 e. The second kappa shape index (κ2) is 7.91. The van der Waals surface area contributed by atoms with E-state index in [-0.39, 0.29) is 18.4 Å². The molecule has 3 heterocycles. The van der Waals surface area contributed by atoms with Crippen LogP contribution in [-0.2, 0) is 9.53 Å². The fourth-order valence-corrected chi connectivity index (χ4v) is 4.19. The summed E-state index contributed by atoms with van der Waals surface area (Å²) >= 11 is 0. The molecule has 0 aliphatic carbocycles. The molecule has 29 heavy (non-hydrogen) atoms. The maximum Gasteiger partial charge on any atom is 0.261 e. The van der Waals surface area contributed by atoms with Crippen LogP contribution in [0.4, 0.5) is 5.69 Å². The van der Waals surface area contributed by atoms with Crippen LogP contribution in [0.2, 0.25) is 0 Å². The highest BCUT2D eigenvalue weighted by Crippen LogP contribution is 2.32. The number of carbonyl (C=O) groups excluding carboxylic acids is 2. The fraction of sp³-hybridized carbons (Fsp3) is 0.455. The molecule has 0 N–H and O–H groups in total. The van der Waals surface area contributed by atoms with Crippen LogP contribution in [0.5, 0.6) is 0 Å². The number of rotatable bonds is 2. The van der Waals surface area contributed by atoms with Gasteiger partial charge in [-0.05, 0) is 45.2 Å². The molecular weight excluding hydrogens is 368 g/mol. The number of aryl methyl sites for hydroxylation is 2. The number of benzene rings is 1. The molecule has 2 amide bonds. The van der Waals surface area contributed by atoms with Crippen LogP contribution in [-0.4, -0.2) is 58.5 Å². The van der Waals surface area contributed by atoms with Gasteiger partial charge in [-0.15, -0.1) is 0 Å². The third-order valence-electron chi connectivity index (χ3n) is 5.72. The highest BCUT2D eigenvalue weighted by Gasteiger charge is 2.48. The Morgan fingerprint density at radius 3 is 2.69 bits per heavy atom. The fourth-order valence-electron chi connectivity index (χ4n) is 4.19. The number of nitrogens with zero attached hydrogens (tertiary/aromatic N) is 4. The van der Waals surface area contributed by atoms with Gasteiger partial charge < -0.3 is 14.5 Å². The summed E-state index contributed by atoms with van der Waals surface area (Å²) in [7, 11) is 0. The van der Waals surface area contributed by atoms with Gasteiger partial charge in [0.2, 0.25) is 0 Å². The molecule has 2 saturated heterocycles. The lowest BCUT2D eigenvalue weighted by Gasteiger charge is -2.42. The number of hydrogen-bond donors (Lipinski definition) is 0. The molecule has 0 saturated carbocycles. The monoisotopic (exact) mass is 394 g/mol. The number of morpholine rings is 1. The minimum Gasteiger partial charge on any atom is -0.361 e. The molecule has 0 bridgehead atoms. The van der Waals surface area contributed by atoms with Crippen LogP contribution in [0.15, 0.2) is 36.5 Å². The zero-order valence-corrected chi connectivity index (χ0v) is 16.9. The van der Waals surface area contributed by atoms with E-state index in [1.54, 1.807) is 22.9 Å². The summed E-state index contributed by atoms with van der Waals surface area (Å²) < 4.78 is 6.10. The van der Waals surface area contributed by atoms with Crippen LogP contribution < -0.4 is 4.90 Å². The predicted molar refractivity (Wildman–Crippen MR) is 109 cm³/mol. The highest BCUT2D eigenvalue weighted by atomic mass is 16.5. The molecule has 7 heteroatoms. The summed E-state index contributed by atoms with van der Waals surface area (Å²) in [5.41, 5.74) is 1.00. The van der Waals surface area contributed by atoms with Crippen LogP contribution in [0, 0.1) is 13.8 Å². The average molecular weight is 394 g/mol. The Bertz CT molecular complexity index is 918. The Kier molecular flexibility index (Phi) is 5.32. The third-order valence-corrected chi connectivity index (χ3v) is 5.72. The molecule has 1 aromatic heterocycles. The Hall–Kier alpha value is -2.80. The van der Waals surface area contributed by atoms with Gasteiger partial charge in [0, 0.05) is 25.0 Å². The molecular formula is C22H26N4O3. The van der Waals surface area contributed by atoms with Gasteiger partial charge in [-0.2, -0.15) is 0 Å². The van der Waals surface area contributed by atoms with E-state index in [1.807, 2.05) is 37.3 Å². The quantitative estimate of drug-likeness (QED) is 0.782. The first-order valence-electron chi connectivity index (χ1n) is 10.1. The van der Waals surface area contributed by atoms with E-state index in [1.165, 1.54) is 0 Å². The Morgan fingerprint density at radius 1 is 1.14 bits per heavy atom. The largest absolute Gasteiger partial charge is 0.361 e. The van der Waals surface area contributed by atoms with Crippen molar-refractivity contribution in [3.63, 3.8) is 0 Å². The highest BCUT2D eigenvalue weighted by molar-refractivity contribution is 6.01. The van der Waals surface area contributed by atoms with Crippen molar-refractivity contribution in [2.45, 2.75) is 38.7 Å². The zero-order valence-electron chi connectivity index (χ0n) is 16.9. The van der Waals surface area contributed by atoms with Gasteiger partial charge in [-0.25, -0.2) is 9.97 Å². The van der Waals surface area contributed by atoms with Gasteiger partial charge in [-0.1, -0.05) is 18.2 Å². The number of anilines is 1. The number of hydrogen-bond acceptors (Lipinski definition) is 5. The summed E-state index contributed by atoms with van der Waals surface area (Å²) in [4.78, 5) is 38.8. The van der Waals surface area contributed by atoms with Gasteiger partial charge in [0.15, 0.2) is 5.60 Å². The van der Waals surface area contributed by atoms with Crippen LogP contribution >= 0.6 is 0 Å². The Morgan fingerprint density at radius 2 is 1.93 bits per heavy atom. The summed E-state index contributed by atoms with van der Waals surface area (Å²) in [6.45, 7) is 5.31. The average Bonchev–Trinajstić information content (AvgIpc) is 2.88. The van der Waals surface area contributed by atoms with Crippen molar-refractivity contribution < 1.29 is 14.3 Å². The molecule has 7 nitrogen and oxygen atoms in total. The topological polar surface area (TPSA) is 75.6 Å². The molecule has 1 spiro atoms. The summed E-state index contributed by atoms with van der Waals surface area (Å²) in [6, 6.07) is 9.67. The molecule has 1 atom stereocenters. The van der Waals surface area contributed by atoms with E-state index in [2.05, 4.69) is 9.97 Å². The van der Waals surface area contributed by atoms with Crippen molar-refractivity contribution in [2.24, 2.45) is 0 Å². The predicted octanol–water partition coefficient (Wildman–Crippen LogP) is 2.52. The molecule has 2 aliphatic heterocycles. The summed E-state index contributed by atoms with van der Waals surface area (Å²) in [6.07, 6.45) is 3.98. The van der Waals surface area contributed by atoms with Gasteiger partial charge in [0.1, 0.15) is 5.82 Å². The molecule has 4 rings (SSSR count). The molecule has 152 valence electrons. The third kappa shape index (κ3) is 3.74. The first-order chi connectivity index (χ1) is 14.0. The van der Waals surface area contributed by atoms with Crippen molar-refractivity contribution in [1.82, 2.24) is 14.9 Å². The standard InChI is InChI=1S/C22H26N4O3/c1-16-19(14-23-17(2)24-16)20(27)25-12-13-29-22(15-25)10-6-7-11-26(21(22)28)18-8-4-3-5-9-18/h3-5,8-9,14H,6-7,10-13,15H2,1-2H3. The van der Waals surface area contributed by atoms with E-state index in [0.717, 1.165) is 18.5 Å². The first-order valence-corrected chi connectivity index (χ1v) is 10.1. The van der Waals surface area contributed by atoms with Crippen molar-refractivity contribution >= 4 is 17.5 Å². The van der Waals surface area contributed by atoms with Crippen LogP contribution in [0.25, 0.3) is 0 Å². The number of amides is 2. The van der Waals surface area contributed by atoms with Crippen LogP contribution in [0.3, 0.4) is 0 Å². The Balaban J connectivity index is 1.61. The lowest BCUT2D eigenvalue weighted by atomic mass is 9.93. The van der Waals surface area contributed by atoms with Crippen molar-refractivity contribution in [2.75, 3.05) is 31.1 Å². The molecule has 2 fully saturated rings. The maximum absolute atomic E-state index is 13.6. The van der Waals surface area contributed by atoms with E-state index in [0.29, 0.717) is 43.2 Å². The minimum absolute atomic E-state index is 0.0596. The van der Waals surface area contributed by atoms with E-state index < -0.39 is 5.60 Å².